The molecule has 0 aliphatic heterocycles. The Morgan fingerprint density at radius 3 is 2.36 bits per heavy atom. The summed E-state index contributed by atoms with van der Waals surface area (Å²) in [5.41, 5.74) is 0.592. The number of alkyl halides is 1. The van der Waals surface area contributed by atoms with E-state index in [1.54, 1.807) is 31.2 Å². The van der Waals surface area contributed by atoms with Gasteiger partial charge in [-0.25, -0.2) is 0 Å². The number of benzene rings is 1. The van der Waals surface area contributed by atoms with E-state index in [2.05, 4.69) is 15.9 Å². The van der Waals surface area contributed by atoms with Gasteiger partial charge in [0.25, 0.3) is 0 Å². The Hall–Kier alpha value is -0.960. The SMILES string of the molecule is CC(Br)C(=O)CC(=O)c1ccccc1. The maximum absolute atomic E-state index is 11.5. The maximum Gasteiger partial charge on any atom is 0.170 e. The molecule has 1 aromatic carbocycles. The van der Waals surface area contributed by atoms with Crippen LogP contribution in [0.15, 0.2) is 30.3 Å². The summed E-state index contributed by atoms with van der Waals surface area (Å²) in [6.07, 6.45) is -0.0313. The van der Waals surface area contributed by atoms with Gasteiger partial charge in [0.15, 0.2) is 11.6 Å². The van der Waals surface area contributed by atoms with Crippen molar-refractivity contribution in [3.63, 3.8) is 0 Å². The molecular formula is C11H11BrO2. The van der Waals surface area contributed by atoms with E-state index < -0.39 is 0 Å². The molecule has 14 heavy (non-hydrogen) atoms. The molecule has 2 nitrogen and oxygen atoms in total. The Balaban J connectivity index is 2.65. The molecule has 0 radical (unpaired) electrons. The number of ketones is 2. The Kier molecular flexibility index (Phi) is 4.01. The first-order valence-corrected chi connectivity index (χ1v) is 5.28. The fraction of sp³-hybridized carbons (Fsp3) is 0.273. The predicted molar refractivity (Wildman–Crippen MR) is 58.8 cm³/mol. The molecule has 0 heterocycles. The van der Waals surface area contributed by atoms with Gasteiger partial charge in [-0.1, -0.05) is 46.3 Å². The molecule has 1 rings (SSSR count). The largest absolute Gasteiger partial charge is 0.298 e. The van der Waals surface area contributed by atoms with E-state index in [1.165, 1.54) is 0 Å². The number of hydrogen-bond acceptors (Lipinski definition) is 2. The van der Waals surface area contributed by atoms with Gasteiger partial charge in [-0.3, -0.25) is 9.59 Å². The lowest BCUT2D eigenvalue weighted by molar-refractivity contribution is -0.117. The average Bonchev–Trinajstić information content (AvgIpc) is 2.19. The second-order valence-corrected chi connectivity index (χ2v) is 4.42. The second-order valence-electron chi connectivity index (χ2n) is 3.05. The average molecular weight is 255 g/mol. The molecule has 74 valence electrons. The third-order valence-electron chi connectivity index (χ3n) is 1.87. The highest BCUT2D eigenvalue weighted by atomic mass is 79.9. The Morgan fingerprint density at radius 2 is 1.86 bits per heavy atom. The Labute approximate surface area is 91.4 Å². The van der Waals surface area contributed by atoms with Crippen LogP contribution in [0.5, 0.6) is 0 Å². The fourth-order valence-electron chi connectivity index (χ4n) is 1.02. The van der Waals surface area contributed by atoms with Crippen molar-refractivity contribution in [2.75, 3.05) is 0 Å². The van der Waals surface area contributed by atoms with Gasteiger partial charge in [-0.15, -0.1) is 0 Å². The van der Waals surface area contributed by atoms with Crippen LogP contribution in [0.2, 0.25) is 0 Å². The summed E-state index contributed by atoms with van der Waals surface area (Å²) in [7, 11) is 0. The zero-order valence-corrected chi connectivity index (χ0v) is 9.45. The van der Waals surface area contributed by atoms with E-state index in [4.69, 9.17) is 0 Å². The van der Waals surface area contributed by atoms with Gasteiger partial charge in [0.2, 0.25) is 0 Å². The van der Waals surface area contributed by atoms with E-state index in [0.29, 0.717) is 5.56 Å². The third-order valence-corrected chi connectivity index (χ3v) is 2.38. The fourth-order valence-corrected chi connectivity index (χ4v) is 1.19. The van der Waals surface area contributed by atoms with E-state index in [0.717, 1.165) is 0 Å². The van der Waals surface area contributed by atoms with Crippen LogP contribution in [-0.4, -0.2) is 16.4 Å². The minimum Gasteiger partial charge on any atom is -0.298 e. The number of hydrogen-bond donors (Lipinski definition) is 0. The Bertz CT molecular complexity index is 330. The Morgan fingerprint density at radius 1 is 1.29 bits per heavy atom. The summed E-state index contributed by atoms with van der Waals surface area (Å²) in [6.45, 7) is 1.72. The zero-order valence-electron chi connectivity index (χ0n) is 7.87. The molecule has 1 aromatic rings. The summed E-state index contributed by atoms with van der Waals surface area (Å²) in [6, 6.07) is 8.85. The topological polar surface area (TPSA) is 34.1 Å². The molecule has 0 amide bonds. The van der Waals surface area contributed by atoms with Crippen molar-refractivity contribution < 1.29 is 9.59 Å². The first kappa shape index (κ1) is 11.1. The molecule has 0 bridgehead atoms. The van der Waals surface area contributed by atoms with Crippen molar-refractivity contribution in [3.8, 4) is 0 Å². The lowest BCUT2D eigenvalue weighted by atomic mass is 10.1. The zero-order chi connectivity index (χ0) is 10.6. The number of Topliss-reactive ketones (excluding diaryl/α,β-unsaturated/α-hetero) is 2. The lowest BCUT2D eigenvalue weighted by Crippen LogP contribution is -2.15. The molecule has 0 saturated heterocycles. The molecule has 0 aliphatic carbocycles. The summed E-state index contributed by atoms with van der Waals surface area (Å²) in [4.78, 5) is 22.5. The normalized spacial score (nSPS) is 12.1. The van der Waals surface area contributed by atoms with Crippen LogP contribution in [0.25, 0.3) is 0 Å². The molecule has 0 spiro atoms. The van der Waals surface area contributed by atoms with Gasteiger partial charge in [0.05, 0.1) is 11.2 Å². The van der Waals surface area contributed by atoms with Crippen LogP contribution in [-0.2, 0) is 4.79 Å². The third kappa shape index (κ3) is 3.07. The van der Waals surface area contributed by atoms with Gasteiger partial charge >= 0.3 is 0 Å². The van der Waals surface area contributed by atoms with Crippen molar-refractivity contribution in [2.24, 2.45) is 0 Å². The van der Waals surface area contributed by atoms with Crippen LogP contribution in [0.1, 0.15) is 23.7 Å². The van der Waals surface area contributed by atoms with E-state index >= 15 is 0 Å². The number of carbonyl (C=O) groups is 2. The summed E-state index contributed by atoms with van der Waals surface area (Å²) in [5.74, 6) is -0.208. The monoisotopic (exact) mass is 254 g/mol. The molecule has 1 atom stereocenters. The van der Waals surface area contributed by atoms with Crippen molar-refractivity contribution in [3.05, 3.63) is 35.9 Å². The quantitative estimate of drug-likeness (QED) is 0.471. The van der Waals surface area contributed by atoms with Crippen LogP contribution in [0.3, 0.4) is 0 Å². The molecular weight excluding hydrogens is 244 g/mol. The standard InChI is InChI=1S/C11H11BrO2/c1-8(12)10(13)7-11(14)9-5-3-2-4-6-9/h2-6,8H,7H2,1H3. The molecule has 0 fully saturated rings. The minimum absolute atomic E-state index is 0.0313. The van der Waals surface area contributed by atoms with Crippen molar-refractivity contribution >= 4 is 27.5 Å². The number of carbonyl (C=O) groups excluding carboxylic acids is 2. The van der Waals surface area contributed by atoms with Gasteiger partial charge < -0.3 is 0 Å². The summed E-state index contributed by atoms with van der Waals surface area (Å²) >= 11 is 3.14. The smallest absolute Gasteiger partial charge is 0.170 e. The minimum atomic E-state index is -0.254. The van der Waals surface area contributed by atoms with Gasteiger partial charge in [-0.05, 0) is 6.92 Å². The van der Waals surface area contributed by atoms with E-state index in [1.807, 2.05) is 6.07 Å². The van der Waals surface area contributed by atoms with Crippen LogP contribution >= 0.6 is 15.9 Å². The van der Waals surface area contributed by atoms with Crippen molar-refractivity contribution in [2.45, 2.75) is 18.2 Å². The first-order valence-electron chi connectivity index (χ1n) is 4.36. The molecule has 1 unspecified atom stereocenters. The molecule has 0 aromatic heterocycles. The highest BCUT2D eigenvalue weighted by molar-refractivity contribution is 9.10. The number of halogens is 1. The highest BCUT2D eigenvalue weighted by Crippen LogP contribution is 2.08. The van der Waals surface area contributed by atoms with Crippen LogP contribution in [0, 0.1) is 0 Å². The molecule has 0 saturated carbocycles. The first-order chi connectivity index (χ1) is 6.61. The second kappa shape index (κ2) is 5.05. The molecule has 0 aliphatic rings. The van der Waals surface area contributed by atoms with Crippen LogP contribution < -0.4 is 0 Å². The highest BCUT2D eigenvalue weighted by Gasteiger charge is 2.14. The van der Waals surface area contributed by atoms with E-state index in [-0.39, 0.29) is 22.8 Å². The maximum atomic E-state index is 11.5. The van der Waals surface area contributed by atoms with Gasteiger partial charge in [-0.2, -0.15) is 0 Å². The predicted octanol–water partition coefficient (Wildman–Crippen LogP) is 2.61. The summed E-state index contributed by atoms with van der Waals surface area (Å²) < 4.78 is 0. The van der Waals surface area contributed by atoms with Crippen molar-refractivity contribution in [1.29, 1.82) is 0 Å². The number of rotatable bonds is 4. The summed E-state index contributed by atoms with van der Waals surface area (Å²) in [5, 5.41) is 0. The van der Waals surface area contributed by atoms with Crippen LogP contribution in [0.4, 0.5) is 0 Å². The molecule has 0 N–H and O–H groups in total. The van der Waals surface area contributed by atoms with Crippen molar-refractivity contribution in [1.82, 2.24) is 0 Å². The van der Waals surface area contributed by atoms with Gasteiger partial charge in [0.1, 0.15) is 0 Å². The molecule has 3 heteroatoms. The van der Waals surface area contributed by atoms with E-state index in [9.17, 15) is 9.59 Å². The van der Waals surface area contributed by atoms with Gasteiger partial charge in [0, 0.05) is 5.56 Å². The lowest BCUT2D eigenvalue weighted by Gasteiger charge is -2.01.